The molecule has 1 aromatic carbocycles. The molecular weight excluding hydrogens is 246 g/mol. The summed E-state index contributed by atoms with van der Waals surface area (Å²) in [6, 6.07) is 8.86. The summed E-state index contributed by atoms with van der Waals surface area (Å²) in [5.74, 6) is 1.75. The van der Waals surface area contributed by atoms with Gasteiger partial charge in [0.1, 0.15) is 5.75 Å². The van der Waals surface area contributed by atoms with Crippen LogP contribution in [0.4, 0.5) is 0 Å². The molecule has 2 nitrogen and oxygen atoms in total. The Bertz CT molecular complexity index is 422. The van der Waals surface area contributed by atoms with Crippen LogP contribution >= 0.6 is 0 Å². The number of ether oxygens (including phenoxy) is 1. The molecule has 110 valence electrons. The molecule has 0 heterocycles. The van der Waals surface area contributed by atoms with Crippen LogP contribution < -0.4 is 10.1 Å². The fourth-order valence-electron chi connectivity index (χ4n) is 2.61. The Morgan fingerprint density at radius 1 is 1.15 bits per heavy atom. The maximum atomic E-state index is 5.68. The van der Waals surface area contributed by atoms with E-state index in [0.717, 1.165) is 18.2 Å². The van der Waals surface area contributed by atoms with Crippen LogP contribution in [-0.2, 0) is 0 Å². The molecule has 1 aliphatic carbocycles. The van der Waals surface area contributed by atoms with Crippen molar-refractivity contribution in [1.29, 1.82) is 0 Å². The van der Waals surface area contributed by atoms with Gasteiger partial charge in [-0.3, -0.25) is 0 Å². The fraction of sp³-hybridized carbons (Fsp3) is 0.556. The van der Waals surface area contributed by atoms with Crippen molar-refractivity contribution in [3.8, 4) is 5.75 Å². The molecule has 2 atom stereocenters. The number of benzene rings is 1. The first-order valence-corrected chi connectivity index (χ1v) is 7.80. The summed E-state index contributed by atoms with van der Waals surface area (Å²) in [6.07, 6.45) is 8.63. The predicted octanol–water partition coefficient (Wildman–Crippen LogP) is 4.48. The van der Waals surface area contributed by atoms with Gasteiger partial charge in [0.25, 0.3) is 0 Å². The lowest BCUT2D eigenvalue weighted by molar-refractivity contribution is 0.242. The molecule has 0 saturated carbocycles. The summed E-state index contributed by atoms with van der Waals surface area (Å²) in [4.78, 5) is 0. The van der Waals surface area contributed by atoms with Crippen molar-refractivity contribution in [2.75, 3.05) is 6.54 Å². The van der Waals surface area contributed by atoms with Gasteiger partial charge in [-0.05, 0) is 70.2 Å². The van der Waals surface area contributed by atoms with Crippen molar-refractivity contribution >= 4 is 0 Å². The fourth-order valence-corrected chi connectivity index (χ4v) is 2.61. The van der Waals surface area contributed by atoms with Gasteiger partial charge in [-0.25, -0.2) is 0 Å². The quantitative estimate of drug-likeness (QED) is 0.772. The second kappa shape index (κ2) is 7.49. The Labute approximate surface area is 123 Å². The van der Waals surface area contributed by atoms with E-state index in [2.05, 4.69) is 62.5 Å². The van der Waals surface area contributed by atoms with Gasteiger partial charge in [0.2, 0.25) is 0 Å². The Morgan fingerprint density at radius 2 is 1.90 bits per heavy atom. The zero-order valence-corrected chi connectivity index (χ0v) is 12.9. The molecule has 2 unspecified atom stereocenters. The summed E-state index contributed by atoms with van der Waals surface area (Å²) < 4.78 is 5.68. The molecule has 1 N–H and O–H groups in total. The largest absolute Gasteiger partial charge is 0.491 e. The molecular formula is C18H27NO. The Hall–Kier alpha value is -1.28. The van der Waals surface area contributed by atoms with Gasteiger partial charge in [0, 0.05) is 6.04 Å². The summed E-state index contributed by atoms with van der Waals surface area (Å²) >= 11 is 0. The van der Waals surface area contributed by atoms with Crippen LogP contribution in [0.1, 0.15) is 51.6 Å². The van der Waals surface area contributed by atoms with Gasteiger partial charge < -0.3 is 10.1 Å². The number of allylic oxidation sites excluding steroid dienone is 2. The van der Waals surface area contributed by atoms with Gasteiger partial charge in [-0.1, -0.05) is 24.3 Å². The first-order valence-electron chi connectivity index (χ1n) is 7.80. The van der Waals surface area contributed by atoms with Crippen LogP contribution in [0, 0.1) is 5.92 Å². The van der Waals surface area contributed by atoms with E-state index in [4.69, 9.17) is 4.74 Å². The Balaban J connectivity index is 1.82. The molecule has 0 bridgehead atoms. The molecule has 0 saturated heterocycles. The van der Waals surface area contributed by atoms with Crippen LogP contribution in [0.3, 0.4) is 0 Å². The molecule has 2 heteroatoms. The van der Waals surface area contributed by atoms with E-state index in [0.29, 0.717) is 6.04 Å². The van der Waals surface area contributed by atoms with Crippen molar-refractivity contribution in [2.45, 2.75) is 52.2 Å². The smallest absolute Gasteiger partial charge is 0.119 e. The third-order valence-corrected chi connectivity index (χ3v) is 3.84. The molecule has 1 aromatic rings. The first-order chi connectivity index (χ1) is 9.65. The van der Waals surface area contributed by atoms with Crippen LogP contribution in [0.15, 0.2) is 36.4 Å². The molecule has 2 rings (SSSR count). The van der Waals surface area contributed by atoms with Crippen molar-refractivity contribution in [1.82, 2.24) is 5.32 Å². The highest BCUT2D eigenvalue weighted by atomic mass is 16.5. The topological polar surface area (TPSA) is 21.3 Å². The highest BCUT2D eigenvalue weighted by molar-refractivity contribution is 5.29. The Morgan fingerprint density at radius 3 is 2.50 bits per heavy atom. The summed E-state index contributed by atoms with van der Waals surface area (Å²) in [6.45, 7) is 7.44. The predicted molar refractivity (Wildman–Crippen MR) is 85.1 cm³/mol. The lowest BCUT2D eigenvalue weighted by Crippen LogP contribution is -2.26. The zero-order chi connectivity index (χ0) is 14.4. The van der Waals surface area contributed by atoms with Crippen molar-refractivity contribution in [2.24, 2.45) is 5.92 Å². The summed E-state index contributed by atoms with van der Waals surface area (Å²) in [5, 5.41) is 3.65. The molecule has 0 radical (unpaired) electrons. The van der Waals surface area contributed by atoms with E-state index in [-0.39, 0.29) is 6.10 Å². The van der Waals surface area contributed by atoms with E-state index in [1.165, 1.54) is 24.8 Å². The van der Waals surface area contributed by atoms with Crippen molar-refractivity contribution in [3.05, 3.63) is 42.0 Å². The lowest BCUT2D eigenvalue weighted by atomic mass is 9.94. The molecule has 20 heavy (non-hydrogen) atoms. The number of nitrogens with one attached hydrogen (secondary N) is 1. The maximum absolute atomic E-state index is 5.68. The third kappa shape index (κ3) is 4.68. The minimum absolute atomic E-state index is 0.232. The van der Waals surface area contributed by atoms with Crippen molar-refractivity contribution < 1.29 is 4.74 Å². The lowest BCUT2D eigenvalue weighted by Gasteiger charge is -2.22. The molecule has 1 aliphatic rings. The minimum atomic E-state index is 0.232. The van der Waals surface area contributed by atoms with E-state index in [1.54, 1.807) is 0 Å². The van der Waals surface area contributed by atoms with E-state index < -0.39 is 0 Å². The highest BCUT2D eigenvalue weighted by Crippen LogP contribution is 2.21. The molecule has 0 fully saturated rings. The first kappa shape index (κ1) is 15.1. The second-order valence-electron chi connectivity index (χ2n) is 6.02. The SMILES string of the molecule is CC(C)Oc1ccc(C(C)NCC2CC=CCC2)cc1. The van der Waals surface area contributed by atoms with Crippen molar-refractivity contribution in [3.63, 3.8) is 0 Å². The van der Waals surface area contributed by atoms with Gasteiger partial charge in [-0.15, -0.1) is 0 Å². The van der Waals surface area contributed by atoms with E-state index in [1.807, 2.05) is 0 Å². The monoisotopic (exact) mass is 273 g/mol. The average molecular weight is 273 g/mol. The van der Waals surface area contributed by atoms with Gasteiger partial charge in [0.05, 0.1) is 6.10 Å². The third-order valence-electron chi connectivity index (χ3n) is 3.84. The zero-order valence-electron chi connectivity index (χ0n) is 12.9. The second-order valence-corrected chi connectivity index (χ2v) is 6.02. The number of hydrogen-bond acceptors (Lipinski definition) is 2. The van der Waals surface area contributed by atoms with Crippen LogP contribution in [0.5, 0.6) is 5.75 Å². The highest BCUT2D eigenvalue weighted by Gasteiger charge is 2.12. The van der Waals surface area contributed by atoms with E-state index >= 15 is 0 Å². The maximum Gasteiger partial charge on any atom is 0.119 e. The van der Waals surface area contributed by atoms with Crippen LogP contribution in [-0.4, -0.2) is 12.6 Å². The number of rotatable bonds is 6. The van der Waals surface area contributed by atoms with Gasteiger partial charge >= 0.3 is 0 Å². The van der Waals surface area contributed by atoms with Gasteiger partial charge in [0.15, 0.2) is 0 Å². The minimum Gasteiger partial charge on any atom is -0.491 e. The summed E-state index contributed by atoms with van der Waals surface area (Å²) in [7, 11) is 0. The number of hydrogen-bond donors (Lipinski definition) is 1. The van der Waals surface area contributed by atoms with Crippen LogP contribution in [0.2, 0.25) is 0 Å². The normalized spacial score (nSPS) is 20.1. The summed E-state index contributed by atoms with van der Waals surface area (Å²) in [5.41, 5.74) is 1.33. The molecule has 0 aliphatic heterocycles. The Kier molecular flexibility index (Phi) is 5.66. The standard InChI is InChI=1S/C18H27NO/c1-14(2)20-18-11-9-17(10-12-18)15(3)19-13-16-7-5-4-6-8-16/h4-5,9-12,14-16,19H,6-8,13H2,1-3H3. The van der Waals surface area contributed by atoms with E-state index in [9.17, 15) is 0 Å². The van der Waals surface area contributed by atoms with Gasteiger partial charge in [-0.2, -0.15) is 0 Å². The molecule has 0 amide bonds. The van der Waals surface area contributed by atoms with Crippen LogP contribution in [0.25, 0.3) is 0 Å². The molecule has 0 aromatic heterocycles. The average Bonchev–Trinajstić information content (AvgIpc) is 2.46. The molecule has 0 spiro atoms.